The highest BCUT2D eigenvalue weighted by atomic mass is 35.5. The number of aliphatic hydroxyl groups excluding tert-OH is 1. The van der Waals surface area contributed by atoms with Crippen molar-refractivity contribution in [2.75, 3.05) is 5.73 Å². The number of halogens is 4. The summed E-state index contributed by atoms with van der Waals surface area (Å²) in [5.74, 6) is 5.52. The van der Waals surface area contributed by atoms with E-state index in [-0.39, 0.29) is 16.5 Å². The molecule has 1 fully saturated rings. The monoisotopic (exact) mass is 289 g/mol. The second-order valence-corrected chi connectivity index (χ2v) is 4.86. The maximum Gasteiger partial charge on any atom is 0.418 e. The number of rotatable bonds is 1. The predicted molar refractivity (Wildman–Crippen MR) is 66.3 cm³/mol. The summed E-state index contributed by atoms with van der Waals surface area (Å²) in [6.45, 7) is 0. The molecule has 1 aromatic carbocycles. The molecule has 0 saturated heterocycles. The van der Waals surface area contributed by atoms with Gasteiger partial charge in [0, 0.05) is 16.5 Å². The third-order valence-corrected chi connectivity index (χ3v) is 3.00. The molecule has 1 aromatic rings. The number of alkyl halides is 3. The largest absolute Gasteiger partial charge is 0.418 e. The molecule has 0 unspecified atom stereocenters. The zero-order valence-corrected chi connectivity index (χ0v) is 10.5. The van der Waals surface area contributed by atoms with Gasteiger partial charge in [0.05, 0.1) is 11.3 Å². The topological polar surface area (TPSA) is 46.2 Å². The van der Waals surface area contributed by atoms with Gasteiger partial charge in [-0.05, 0) is 25.0 Å². The number of nitrogens with two attached hydrogens (primary N) is 1. The van der Waals surface area contributed by atoms with Crippen LogP contribution in [-0.4, -0.2) is 5.11 Å². The number of hydrogen-bond donors (Lipinski definition) is 2. The fourth-order valence-corrected chi connectivity index (χ4v) is 1.83. The Morgan fingerprint density at radius 2 is 2.00 bits per heavy atom. The number of anilines is 1. The van der Waals surface area contributed by atoms with Crippen LogP contribution in [0.15, 0.2) is 12.1 Å². The van der Waals surface area contributed by atoms with Crippen molar-refractivity contribution < 1.29 is 18.3 Å². The van der Waals surface area contributed by atoms with E-state index in [4.69, 9.17) is 17.3 Å². The van der Waals surface area contributed by atoms with Crippen LogP contribution in [0.5, 0.6) is 0 Å². The van der Waals surface area contributed by atoms with Gasteiger partial charge in [0.1, 0.15) is 6.10 Å². The number of hydrogen-bond acceptors (Lipinski definition) is 2. The van der Waals surface area contributed by atoms with E-state index in [0.29, 0.717) is 0 Å². The second-order valence-electron chi connectivity index (χ2n) is 4.42. The van der Waals surface area contributed by atoms with E-state index in [2.05, 4.69) is 11.8 Å². The van der Waals surface area contributed by atoms with Crippen LogP contribution in [0, 0.1) is 17.8 Å². The van der Waals surface area contributed by atoms with Gasteiger partial charge in [0.15, 0.2) is 0 Å². The molecule has 0 heterocycles. The molecule has 2 rings (SSSR count). The van der Waals surface area contributed by atoms with E-state index in [0.717, 1.165) is 18.9 Å². The zero-order chi connectivity index (χ0) is 14.2. The van der Waals surface area contributed by atoms with Crippen molar-refractivity contribution >= 4 is 17.3 Å². The van der Waals surface area contributed by atoms with Crippen LogP contribution in [-0.2, 0) is 6.18 Å². The molecular formula is C13H11ClF3NO. The quantitative estimate of drug-likeness (QED) is 0.615. The molecule has 2 nitrogen and oxygen atoms in total. The first kappa shape index (κ1) is 14.0. The average Bonchev–Trinajstić information content (AvgIpc) is 3.11. The van der Waals surface area contributed by atoms with Gasteiger partial charge in [-0.2, -0.15) is 13.2 Å². The van der Waals surface area contributed by atoms with Gasteiger partial charge < -0.3 is 10.8 Å². The fraction of sp³-hybridized carbons (Fsp3) is 0.385. The third kappa shape index (κ3) is 3.34. The van der Waals surface area contributed by atoms with Crippen molar-refractivity contribution in [3.8, 4) is 11.8 Å². The van der Waals surface area contributed by atoms with Gasteiger partial charge in [0.25, 0.3) is 0 Å². The van der Waals surface area contributed by atoms with Gasteiger partial charge >= 0.3 is 6.18 Å². The van der Waals surface area contributed by atoms with Crippen molar-refractivity contribution in [2.45, 2.75) is 25.1 Å². The van der Waals surface area contributed by atoms with Gasteiger partial charge in [-0.25, -0.2) is 0 Å². The summed E-state index contributed by atoms with van der Waals surface area (Å²) < 4.78 is 38.2. The van der Waals surface area contributed by atoms with E-state index in [1.54, 1.807) is 0 Å². The molecule has 1 aliphatic carbocycles. The first-order valence-electron chi connectivity index (χ1n) is 5.64. The fourth-order valence-electron chi connectivity index (χ4n) is 1.60. The highest BCUT2D eigenvalue weighted by Gasteiger charge is 2.35. The molecule has 3 N–H and O–H groups in total. The molecule has 0 amide bonds. The van der Waals surface area contributed by atoms with Gasteiger partial charge in [-0.15, -0.1) is 0 Å². The predicted octanol–water partition coefficient (Wildman–Crippen LogP) is 3.39. The van der Waals surface area contributed by atoms with E-state index < -0.39 is 23.5 Å². The molecule has 1 saturated carbocycles. The standard InChI is InChI=1S/C13H11ClF3NO/c14-8-5-9(11(19)4-3-7-1-2-7)12(18)10(6-8)13(15,16)17/h5-7,11,19H,1-2,18H2/t11-/m0/s1. The van der Waals surface area contributed by atoms with Gasteiger partial charge in [-0.1, -0.05) is 23.4 Å². The Hall–Kier alpha value is -1.38. The van der Waals surface area contributed by atoms with Crippen LogP contribution in [0.2, 0.25) is 5.02 Å². The lowest BCUT2D eigenvalue weighted by Gasteiger charge is -2.15. The Kier molecular flexibility index (Phi) is 3.66. The molecule has 0 aliphatic heterocycles. The van der Waals surface area contributed by atoms with Crippen LogP contribution < -0.4 is 5.73 Å². The van der Waals surface area contributed by atoms with E-state index >= 15 is 0 Å². The molecule has 19 heavy (non-hydrogen) atoms. The summed E-state index contributed by atoms with van der Waals surface area (Å²) in [6, 6.07) is 1.94. The van der Waals surface area contributed by atoms with Crippen LogP contribution in [0.3, 0.4) is 0 Å². The second kappa shape index (κ2) is 4.95. The molecule has 6 heteroatoms. The van der Waals surface area contributed by atoms with E-state index in [9.17, 15) is 18.3 Å². The SMILES string of the molecule is Nc1c([C@@H](O)C#CC2CC2)cc(Cl)cc1C(F)(F)F. The highest BCUT2D eigenvalue weighted by Crippen LogP contribution is 2.39. The summed E-state index contributed by atoms with van der Waals surface area (Å²) in [4.78, 5) is 0. The number of aliphatic hydroxyl groups is 1. The van der Waals surface area contributed by atoms with Crippen molar-refractivity contribution in [1.82, 2.24) is 0 Å². The minimum atomic E-state index is -4.62. The van der Waals surface area contributed by atoms with Crippen molar-refractivity contribution in [2.24, 2.45) is 5.92 Å². The van der Waals surface area contributed by atoms with Crippen LogP contribution in [0.1, 0.15) is 30.1 Å². The normalized spacial score (nSPS) is 16.7. The number of benzene rings is 1. The average molecular weight is 290 g/mol. The first-order valence-corrected chi connectivity index (χ1v) is 6.02. The lowest BCUT2D eigenvalue weighted by atomic mass is 10.0. The number of nitrogen functional groups attached to an aromatic ring is 1. The van der Waals surface area contributed by atoms with Crippen molar-refractivity contribution in [1.29, 1.82) is 0 Å². The lowest BCUT2D eigenvalue weighted by molar-refractivity contribution is -0.137. The first-order chi connectivity index (χ1) is 8.79. The Balaban J connectivity index is 2.40. The van der Waals surface area contributed by atoms with E-state index in [1.165, 1.54) is 6.07 Å². The minimum Gasteiger partial charge on any atom is -0.398 e. The molecule has 0 radical (unpaired) electrons. The molecule has 0 aromatic heterocycles. The Morgan fingerprint density at radius 1 is 1.37 bits per heavy atom. The summed E-state index contributed by atoms with van der Waals surface area (Å²) in [7, 11) is 0. The molecular weight excluding hydrogens is 279 g/mol. The van der Waals surface area contributed by atoms with Gasteiger partial charge in [0.2, 0.25) is 0 Å². The van der Waals surface area contributed by atoms with E-state index in [1.807, 2.05) is 0 Å². The van der Waals surface area contributed by atoms with Crippen molar-refractivity contribution in [3.05, 3.63) is 28.3 Å². The molecule has 1 aliphatic rings. The maximum atomic E-state index is 12.7. The molecule has 1 atom stereocenters. The highest BCUT2D eigenvalue weighted by molar-refractivity contribution is 6.30. The summed E-state index contributed by atoms with van der Waals surface area (Å²) in [5.41, 5.74) is 3.76. The summed E-state index contributed by atoms with van der Waals surface area (Å²) in [6.07, 6.45) is -4.06. The van der Waals surface area contributed by atoms with Crippen LogP contribution >= 0.6 is 11.6 Å². The molecule has 0 bridgehead atoms. The van der Waals surface area contributed by atoms with Crippen LogP contribution in [0.4, 0.5) is 18.9 Å². The van der Waals surface area contributed by atoms with Crippen LogP contribution in [0.25, 0.3) is 0 Å². The third-order valence-electron chi connectivity index (χ3n) is 2.78. The smallest absolute Gasteiger partial charge is 0.398 e. The Morgan fingerprint density at radius 3 is 2.53 bits per heavy atom. The maximum absolute atomic E-state index is 12.7. The van der Waals surface area contributed by atoms with Gasteiger partial charge in [-0.3, -0.25) is 0 Å². The lowest BCUT2D eigenvalue weighted by Crippen LogP contribution is -2.12. The molecule has 102 valence electrons. The summed E-state index contributed by atoms with van der Waals surface area (Å²) in [5, 5.41) is 9.68. The minimum absolute atomic E-state index is 0.104. The summed E-state index contributed by atoms with van der Waals surface area (Å²) >= 11 is 5.63. The van der Waals surface area contributed by atoms with Crippen molar-refractivity contribution in [3.63, 3.8) is 0 Å². The molecule has 0 spiro atoms. The Bertz CT molecular complexity index is 555. The Labute approximate surface area is 113 Å². The zero-order valence-electron chi connectivity index (χ0n) is 9.76.